The molecule has 0 unspecified atom stereocenters. The molecule has 0 aliphatic heterocycles. The third-order valence-electron chi connectivity index (χ3n) is 6.53. The third-order valence-corrected chi connectivity index (χ3v) is 7.45. The fourth-order valence-electron chi connectivity index (χ4n) is 5.85. The lowest BCUT2D eigenvalue weighted by molar-refractivity contribution is -0.139. The molecule has 20 heavy (non-hydrogen) atoms. The van der Waals surface area contributed by atoms with E-state index in [4.69, 9.17) is 0 Å². The van der Waals surface area contributed by atoms with Crippen LogP contribution in [0.25, 0.3) is 0 Å². The first-order chi connectivity index (χ1) is 9.69. The molecule has 5 fully saturated rings. The van der Waals surface area contributed by atoms with Gasteiger partial charge in [-0.25, -0.2) is 0 Å². The number of amides is 1. The Hall–Kier alpha value is -0.0500. The summed E-state index contributed by atoms with van der Waals surface area (Å²) in [5.74, 6) is 4.15. The van der Waals surface area contributed by atoms with Crippen molar-refractivity contribution in [2.24, 2.45) is 29.6 Å². The highest BCUT2D eigenvalue weighted by atomic mass is 79.9. The fourth-order valence-corrected chi connectivity index (χ4v) is 6.38. The van der Waals surface area contributed by atoms with E-state index >= 15 is 0 Å². The molecular formula is C17H26BrNO. The summed E-state index contributed by atoms with van der Waals surface area (Å²) < 4.78 is 0. The van der Waals surface area contributed by atoms with Gasteiger partial charge in [0, 0.05) is 16.8 Å². The highest BCUT2D eigenvalue weighted by Crippen LogP contribution is 2.56. The van der Waals surface area contributed by atoms with Crippen LogP contribution in [0, 0.1) is 29.6 Å². The normalized spacial score (nSPS) is 50.1. The molecule has 0 spiro atoms. The summed E-state index contributed by atoms with van der Waals surface area (Å²) in [5, 5.41) is 3.41. The van der Waals surface area contributed by atoms with Crippen molar-refractivity contribution in [2.45, 2.75) is 68.7 Å². The number of nitrogens with one attached hydrogen (secondary N) is 1. The van der Waals surface area contributed by atoms with E-state index in [-0.39, 0.29) is 0 Å². The van der Waals surface area contributed by atoms with E-state index < -0.39 is 0 Å². The SMILES string of the molecule is O=C(NC1CCC(Br)CC1)C1C2CC3CC(C2)CC1C3. The van der Waals surface area contributed by atoms with Crippen molar-refractivity contribution in [3.8, 4) is 0 Å². The Morgan fingerprint density at radius 2 is 1.40 bits per heavy atom. The van der Waals surface area contributed by atoms with E-state index in [0.717, 1.165) is 36.5 Å². The van der Waals surface area contributed by atoms with E-state index in [1.807, 2.05) is 0 Å². The number of hydrogen-bond donors (Lipinski definition) is 1. The highest BCUT2D eigenvalue weighted by Gasteiger charge is 2.50. The predicted molar refractivity (Wildman–Crippen MR) is 83.6 cm³/mol. The van der Waals surface area contributed by atoms with E-state index in [1.165, 1.54) is 44.9 Å². The molecule has 2 nitrogen and oxygen atoms in total. The van der Waals surface area contributed by atoms with Crippen molar-refractivity contribution in [2.75, 3.05) is 0 Å². The molecule has 5 aliphatic carbocycles. The van der Waals surface area contributed by atoms with Gasteiger partial charge < -0.3 is 5.32 Å². The van der Waals surface area contributed by atoms with Gasteiger partial charge in [0.2, 0.25) is 5.91 Å². The van der Waals surface area contributed by atoms with Gasteiger partial charge in [-0.1, -0.05) is 15.9 Å². The van der Waals surface area contributed by atoms with Crippen molar-refractivity contribution in [1.29, 1.82) is 0 Å². The van der Waals surface area contributed by atoms with Crippen LogP contribution in [0.3, 0.4) is 0 Å². The van der Waals surface area contributed by atoms with E-state index in [1.54, 1.807) is 0 Å². The molecular weight excluding hydrogens is 314 g/mol. The van der Waals surface area contributed by atoms with Crippen LogP contribution >= 0.6 is 15.9 Å². The topological polar surface area (TPSA) is 29.1 Å². The maximum Gasteiger partial charge on any atom is 0.223 e. The molecule has 112 valence electrons. The molecule has 3 heteroatoms. The maximum absolute atomic E-state index is 12.8. The molecule has 5 aliphatic rings. The number of carbonyl (C=O) groups is 1. The van der Waals surface area contributed by atoms with Gasteiger partial charge in [0.25, 0.3) is 0 Å². The zero-order chi connectivity index (χ0) is 13.7. The van der Waals surface area contributed by atoms with Crippen LogP contribution in [0.1, 0.15) is 57.8 Å². The largest absolute Gasteiger partial charge is 0.353 e. The zero-order valence-electron chi connectivity index (χ0n) is 12.2. The molecule has 0 aromatic heterocycles. The first-order valence-corrected chi connectivity index (χ1v) is 9.55. The van der Waals surface area contributed by atoms with Crippen molar-refractivity contribution in [1.82, 2.24) is 5.32 Å². The van der Waals surface area contributed by atoms with Gasteiger partial charge in [0.1, 0.15) is 0 Å². The van der Waals surface area contributed by atoms with Crippen LogP contribution in [0.15, 0.2) is 0 Å². The summed E-state index contributed by atoms with van der Waals surface area (Å²) in [5.41, 5.74) is 0. The number of alkyl halides is 1. The van der Waals surface area contributed by atoms with Gasteiger partial charge in [-0.15, -0.1) is 0 Å². The molecule has 0 aromatic rings. The van der Waals surface area contributed by atoms with Gasteiger partial charge in [0.15, 0.2) is 0 Å². The van der Waals surface area contributed by atoms with Gasteiger partial charge in [0.05, 0.1) is 0 Å². The van der Waals surface area contributed by atoms with Crippen molar-refractivity contribution >= 4 is 21.8 Å². The summed E-state index contributed by atoms with van der Waals surface area (Å²) in [6.07, 6.45) is 11.6. The Labute approximate surface area is 130 Å². The fraction of sp³-hybridized carbons (Fsp3) is 0.941. The van der Waals surface area contributed by atoms with Crippen molar-refractivity contribution in [3.63, 3.8) is 0 Å². The minimum atomic E-state index is 0.365. The van der Waals surface area contributed by atoms with E-state index in [0.29, 0.717) is 22.7 Å². The Bertz CT molecular complexity index is 360. The third kappa shape index (κ3) is 2.44. The summed E-state index contributed by atoms with van der Waals surface area (Å²) in [7, 11) is 0. The van der Waals surface area contributed by atoms with Crippen LogP contribution in [0.4, 0.5) is 0 Å². The Morgan fingerprint density at radius 1 is 0.850 bits per heavy atom. The Morgan fingerprint density at radius 3 is 1.95 bits per heavy atom. The van der Waals surface area contributed by atoms with Gasteiger partial charge >= 0.3 is 0 Å². The molecule has 0 radical (unpaired) electrons. The lowest BCUT2D eigenvalue weighted by Gasteiger charge is -2.53. The van der Waals surface area contributed by atoms with Crippen molar-refractivity contribution < 1.29 is 4.79 Å². The van der Waals surface area contributed by atoms with Crippen molar-refractivity contribution in [3.05, 3.63) is 0 Å². The molecule has 4 bridgehead atoms. The Balaban J connectivity index is 1.39. The Kier molecular flexibility index (Phi) is 3.60. The monoisotopic (exact) mass is 339 g/mol. The second kappa shape index (κ2) is 5.30. The maximum atomic E-state index is 12.8. The van der Waals surface area contributed by atoms with Crippen LogP contribution in [-0.2, 0) is 4.79 Å². The molecule has 0 aromatic carbocycles. The van der Waals surface area contributed by atoms with Crippen LogP contribution in [0.2, 0.25) is 0 Å². The standard InChI is InChI=1S/C17H26BrNO/c18-14-1-3-15(4-2-14)19-17(20)16-12-6-10-5-11(8-12)9-13(16)7-10/h10-16H,1-9H2,(H,19,20). The minimum Gasteiger partial charge on any atom is -0.353 e. The molecule has 5 rings (SSSR count). The van der Waals surface area contributed by atoms with Gasteiger partial charge in [-0.05, 0) is 81.5 Å². The number of rotatable bonds is 2. The average Bonchev–Trinajstić information content (AvgIpc) is 2.40. The van der Waals surface area contributed by atoms with Crippen LogP contribution < -0.4 is 5.32 Å². The van der Waals surface area contributed by atoms with Gasteiger partial charge in [-0.2, -0.15) is 0 Å². The summed E-state index contributed by atoms with van der Waals surface area (Å²) >= 11 is 3.70. The second-order valence-corrected chi connectivity index (χ2v) is 9.21. The molecule has 1 amide bonds. The predicted octanol–water partition coefficient (Wildman–Crippen LogP) is 3.88. The smallest absolute Gasteiger partial charge is 0.223 e. The molecule has 1 N–H and O–H groups in total. The lowest BCUT2D eigenvalue weighted by atomic mass is 9.51. The van der Waals surface area contributed by atoms with Crippen LogP contribution in [-0.4, -0.2) is 16.8 Å². The molecule has 0 atom stereocenters. The second-order valence-electron chi connectivity index (χ2n) is 7.91. The molecule has 0 saturated heterocycles. The quantitative estimate of drug-likeness (QED) is 0.760. The lowest BCUT2D eigenvalue weighted by Crippen LogP contribution is -2.52. The summed E-state index contributed by atoms with van der Waals surface area (Å²) in [6, 6.07) is 0.452. The van der Waals surface area contributed by atoms with E-state index in [9.17, 15) is 4.79 Å². The first-order valence-electron chi connectivity index (χ1n) is 8.63. The van der Waals surface area contributed by atoms with E-state index in [2.05, 4.69) is 21.2 Å². The first kappa shape index (κ1) is 13.6. The molecule has 5 saturated carbocycles. The molecule has 0 heterocycles. The minimum absolute atomic E-state index is 0.365. The summed E-state index contributed by atoms with van der Waals surface area (Å²) in [6.45, 7) is 0. The average molecular weight is 340 g/mol. The van der Waals surface area contributed by atoms with Crippen LogP contribution in [0.5, 0.6) is 0 Å². The number of hydrogen-bond acceptors (Lipinski definition) is 1. The van der Waals surface area contributed by atoms with Gasteiger partial charge in [-0.3, -0.25) is 4.79 Å². The summed E-state index contributed by atoms with van der Waals surface area (Å²) in [4.78, 5) is 13.4. The number of carbonyl (C=O) groups excluding carboxylic acids is 1. The number of halogens is 1. The zero-order valence-corrected chi connectivity index (χ0v) is 13.8. The highest BCUT2D eigenvalue weighted by molar-refractivity contribution is 9.09.